The first-order valence-corrected chi connectivity index (χ1v) is 5.23. The highest BCUT2D eigenvalue weighted by Crippen LogP contribution is 2.29. The molecule has 1 aliphatic rings. The fourth-order valence-electron chi connectivity index (χ4n) is 1.29. The van der Waals surface area contributed by atoms with Crippen molar-refractivity contribution in [2.45, 2.75) is 34.7 Å². The average Bonchev–Trinajstić information content (AvgIpc) is 1.94. The van der Waals surface area contributed by atoms with Gasteiger partial charge in [0.1, 0.15) is 0 Å². The van der Waals surface area contributed by atoms with Crippen LogP contribution in [-0.2, 0) is 4.74 Å². The summed E-state index contributed by atoms with van der Waals surface area (Å²) >= 11 is 8.42. The van der Waals surface area contributed by atoms with Crippen molar-refractivity contribution in [3.63, 3.8) is 0 Å². The second-order valence-corrected chi connectivity index (χ2v) is 4.92. The van der Waals surface area contributed by atoms with E-state index in [4.69, 9.17) is 16.3 Å². The Hall–Kier alpha value is 0.980. The van der Waals surface area contributed by atoms with E-state index >= 15 is 0 Å². The van der Waals surface area contributed by atoms with Crippen LogP contribution in [-0.4, -0.2) is 22.5 Å². The summed E-state index contributed by atoms with van der Waals surface area (Å²) in [5.74, 6) is 0. The maximum atomic E-state index is 5.97. The summed E-state index contributed by atoms with van der Waals surface area (Å²) in [4.78, 5) is 0. The number of rotatable bonds is 1. The van der Waals surface area contributed by atoms with Crippen LogP contribution in [0.5, 0.6) is 0 Å². The molecule has 10 heavy (non-hydrogen) atoms. The van der Waals surface area contributed by atoms with Crippen LogP contribution in [0.1, 0.15) is 19.3 Å². The molecule has 0 aromatic heterocycles. The minimum Gasteiger partial charge on any atom is -0.380 e. The summed E-state index contributed by atoms with van der Waals surface area (Å²) < 4.78 is 5.95. The Morgan fingerprint density at radius 2 is 2.20 bits per heavy atom. The molecule has 0 amide bonds. The number of hydrogen-bond acceptors (Lipinski definition) is 1. The van der Waals surface area contributed by atoms with Gasteiger partial charge < -0.3 is 4.74 Å². The van der Waals surface area contributed by atoms with E-state index in [0.717, 1.165) is 12.8 Å². The van der Waals surface area contributed by atoms with Gasteiger partial charge in [0.25, 0.3) is 0 Å². The SMILES string of the molecule is COC1CC(Cl)CCC1I. The molecule has 0 aromatic rings. The fraction of sp³-hybridized carbons (Fsp3) is 1.00. The molecule has 3 heteroatoms. The minimum atomic E-state index is 0.343. The molecule has 0 radical (unpaired) electrons. The standard InChI is InChI=1S/C7H12ClIO/c1-10-7-4-5(8)2-3-6(7)9/h5-7H,2-4H2,1H3. The minimum absolute atomic E-state index is 0.343. The zero-order valence-corrected chi connectivity index (χ0v) is 8.93. The molecule has 3 unspecified atom stereocenters. The first kappa shape index (κ1) is 9.07. The summed E-state index contributed by atoms with van der Waals surface area (Å²) in [6, 6.07) is 0. The van der Waals surface area contributed by atoms with E-state index in [2.05, 4.69) is 22.6 Å². The van der Waals surface area contributed by atoms with Gasteiger partial charge in [0.15, 0.2) is 0 Å². The Morgan fingerprint density at radius 1 is 1.50 bits per heavy atom. The smallest absolute Gasteiger partial charge is 0.0702 e. The van der Waals surface area contributed by atoms with Crippen LogP contribution in [0, 0.1) is 0 Å². The molecule has 0 N–H and O–H groups in total. The molecule has 0 heterocycles. The van der Waals surface area contributed by atoms with Gasteiger partial charge in [-0.2, -0.15) is 0 Å². The number of hydrogen-bond donors (Lipinski definition) is 0. The highest BCUT2D eigenvalue weighted by molar-refractivity contribution is 14.1. The predicted octanol–water partition coefficient (Wildman–Crippen LogP) is 2.60. The molecule has 0 aromatic carbocycles. The van der Waals surface area contributed by atoms with Crippen LogP contribution < -0.4 is 0 Å². The van der Waals surface area contributed by atoms with Crippen molar-refractivity contribution in [1.82, 2.24) is 0 Å². The maximum absolute atomic E-state index is 5.97. The van der Waals surface area contributed by atoms with Gasteiger partial charge in [0.2, 0.25) is 0 Å². The van der Waals surface area contributed by atoms with E-state index in [9.17, 15) is 0 Å². The van der Waals surface area contributed by atoms with E-state index in [1.165, 1.54) is 6.42 Å². The molecule has 1 fully saturated rings. The molecular weight excluding hydrogens is 262 g/mol. The molecule has 0 bridgehead atoms. The van der Waals surface area contributed by atoms with E-state index in [1.54, 1.807) is 7.11 Å². The number of methoxy groups -OCH3 is 1. The van der Waals surface area contributed by atoms with Gasteiger partial charge in [0.05, 0.1) is 6.10 Å². The van der Waals surface area contributed by atoms with E-state index in [0.29, 0.717) is 15.4 Å². The third-order valence-electron chi connectivity index (χ3n) is 1.95. The van der Waals surface area contributed by atoms with E-state index < -0.39 is 0 Å². The third kappa shape index (κ3) is 2.24. The molecule has 1 nitrogen and oxygen atoms in total. The fourth-order valence-corrected chi connectivity index (χ4v) is 2.54. The Morgan fingerprint density at radius 3 is 2.70 bits per heavy atom. The van der Waals surface area contributed by atoms with Gasteiger partial charge in [0, 0.05) is 16.4 Å². The highest BCUT2D eigenvalue weighted by Gasteiger charge is 2.27. The van der Waals surface area contributed by atoms with Crippen LogP contribution in [0.4, 0.5) is 0 Å². The van der Waals surface area contributed by atoms with Crippen LogP contribution in [0.3, 0.4) is 0 Å². The van der Waals surface area contributed by atoms with Gasteiger partial charge in [-0.15, -0.1) is 11.6 Å². The zero-order valence-electron chi connectivity index (χ0n) is 6.02. The van der Waals surface area contributed by atoms with Crippen LogP contribution in [0.2, 0.25) is 0 Å². The first-order valence-electron chi connectivity index (χ1n) is 3.55. The lowest BCUT2D eigenvalue weighted by Gasteiger charge is -2.28. The molecule has 1 saturated carbocycles. The molecule has 1 aliphatic carbocycles. The largest absolute Gasteiger partial charge is 0.380 e. The van der Waals surface area contributed by atoms with Crippen LogP contribution >= 0.6 is 34.2 Å². The number of ether oxygens (including phenoxy) is 1. The van der Waals surface area contributed by atoms with Gasteiger partial charge in [-0.1, -0.05) is 22.6 Å². The van der Waals surface area contributed by atoms with Crippen molar-refractivity contribution < 1.29 is 4.74 Å². The molecular formula is C7H12ClIO. The highest BCUT2D eigenvalue weighted by atomic mass is 127. The number of alkyl halides is 2. The van der Waals surface area contributed by atoms with E-state index in [-0.39, 0.29) is 0 Å². The summed E-state index contributed by atoms with van der Waals surface area (Å²) in [7, 11) is 1.77. The monoisotopic (exact) mass is 274 g/mol. The summed E-state index contributed by atoms with van der Waals surface area (Å²) in [6.45, 7) is 0. The Kier molecular flexibility index (Phi) is 3.74. The lowest BCUT2D eigenvalue weighted by Crippen LogP contribution is -2.31. The molecule has 60 valence electrons. The van der Waals surface area contributed by atoms with Crippen molar-refractivity contribution in [3.05, 3.63) is 0 Å². The van der Waals surface area contributed by atoms with Crippen molar-refractivity contribution in [1.29, 1.82) is 0 Å². The molecule has 1 rings (SSSR count). The Bertz CT molecular complexity index is 110. The lowest BCUT2D eigenvalue weighted by molar-refractivity contribution is 0.0817. The summed E-state index contributed by atoms with van der Waals surface area (Å²) in [5, 5.41) is 0.343. The zero-order chi connectivity index (χ0) is 7.56. The van der Waals surface area contributed by atoms with Crippen molar-refractivity contribution in [2.24, 2.45) is 0 Å². The second-order valence-electron chi connectivity index (χ2n) is 2.70. The van der Waals surface area contributed by atoms with Crippen LogP contribution in [0.15, 0.2) is 0 Å². The summed E-state index contributed by atoms with van der Waals surface area (Å²) in [5.41, 5.74) is 0. The van der Waals surface area contributed by atoms with E-state index in [1.807, 2.05) is 0 Å². The van der Waals surface area contributed by atoms with Crippen molar-refractivity contribution in [2.75, 3.05) is 7.11 Å². The predicted molar refractivity (Wildman–Crippen MR) is 52.1 cm³/mol. The third-order valence-corrected chi connectivity index (χ3v) is 3.77. The van der Waals surface area contributed by atoms with Gasteiger partial charge >= 0.3 is 0 Å². The Labute approximate surface area is 80.6 Å². The molecule has 0 aliphatic heterocycles. The van der Waals surface area contributed by atoms with Gasteiger partial charge in [-0.3, -0.25) is 0 Å². The Balaban J connectivity index is 2.38. The lowest BCUT2D eigenvalue weighted by atomic mass is 9.97. The topological polar surface area (TPSA) is 9.23 Å². The van der Waals surface area contributed by atoms with Gasteiger partial charge in [-0.05, 0) is 19.3 Å². The summed E-state index contributed by atoms with van der Waals surface area (Å²) in [6.07, 6.45) is 3.75. The van der Waals surface area contributed by atoms with Gasteiger partial charge in [-0.25, -0.2) is 0 Å². The normalized spacial score (nSPS) is 41.7. The average molecular weight is 275 g/mol. The maximum Gasteiger partial charge on any atom is 0.0702 e. The molecule has 3 atom stereocenters. The molecule has 0 spiro atoms. The van der Waals surface area contributed by atoms with Crippen LogP contribution in [0.25, 0.3) is 0 Å². The second kappa shape index (κ2) is 4.12. The quantitative estimate of drug-likeness (QED) is 0.527. The number of halogens is 2. The molecule has 0 saturated heterocycles. The van der Waals surface area contributed by atoms with Crippen molar-refractivity contribution in [3.8, 4) is 0 Å². The first-order chi connectivity index (χ1) is 4.74. The van der Waals surface area contributed by atoms with Crippen molar-refractivity contribution >= 4 is 34.2 Å².